The predicted octanol–water partition coefficient (Wildman–Crippen LogP) is 1.39. The van der Waals surface area contributed by atoms with Crippen LogP contribution >= 0.6 is 0 Å². The second-order valence-corrected chi connectivity index (χ2v) is 4.22. The maximum atomic E-state index is 5.72. The zero-order chi connectivity index (χ0) is 13.7. The highest BCUT2D eigenvalue weighted by atomic mass is 16.5. The first-order valence-electron chi connectivity index (χ1n) is 6.11. The van der Waals surface area contributed by atoms with Gasteiger partial charge in [0.15, 0.2) is 0 Å². The number of methoxy groups -OCH3 is 1. The van der Waals surface area contributed by atoms with Crippen molar-refractivity contribution < 1.29 is 9.47 Å². The van der Waals surface area contributed by atoms with Gasteiger partial charge in [-0.25, -0.2) is 4.68 Å². The summed E-state index contributed by atoms with van der Waals surface area (Å²) in [6.45, 7) is 3.03. The molecule has 0 saturated heterocycles. The van der Waals surface area contributed by atoms with Gasteiger partial charge in [0, 0.05) is 6.04 Å². The Bertz CT molecular complexity index is 508. The quantitative estimate of drug-likeness (QED) is 0.851. The van der Waals surface area contributed by atoms with Crippen molar-refractivity contribution >= 4 is 0 Å². The molecule has 0 radical (unpaired) electrons. The SMILES string of the molecule is COc1ccc(OCCn2cc(C(C)N)nn2)cc1. The average molecular weight is 262 g/mol. The van der Waals surface area contributed by atoms with Crippen molar-refractivity contribution in [3.05, 3.63) is 36.2 Å². The molecule has 1 atom stereocenters. The summed E-state index contributed by atoms with van der Waals surface area (Å²) < 4.78 is 12.4. The number of ether oxygens (including phenoxy) is 2. The van der Waals surface area contributed by atoms with Gasteiger partial charge in [-0.2, -0.15) is 0 Å². The normalized spacial score (nSPS) is 12.2. The van der Waals surface area contributed by atoms with Crippen LogP contribution < -0.4 is 15.2 Å². The summed E-state index contributed by atoms with van der Waals surface area (Å²) in [6.07, 6.45) is 1.84. The number of benzene rings is 1. The van der Waals surface area contributed by atoms with Crippen molar-refractivity contribution in [2.24, 2.45) is 5.73 Å². The fraction of sp³-hybridized carbons (Fsp3) is 0.385. The van der Waals surface area contributed by atoms with Crippen LogP contribution in [0.25, 0.3) is 0 Å². The van der Waals surface area contributed by atoms with E-state index < -0.39 is 0 Å². The average Bonchev–Trinajstić information content (AvgIpc) is 2.89. The second-order valence-electron chi connectivity index (χ2n) is 4.22. The third kappa shape index (κ3) is 3.69. The first kappa shape index (κ1) is 13.4. The van der Waals surface area contributed by atoms with Crippen molar-refractivity contribution in [3.8, 4) is 11.5 Å². The molecule has 0 aliphatic heterocycles. The number of aromatic nitrogens is 3. The maximum absolute atomic E-state index is 5.72. The molecule has 0 amide bonds. The summed E-state index contributed by atoms with van der Waals surface area (Å²) >= 11 is 0. The minimum Gasteiger partial charge on any atom is -0.497 e. The molecular formula is C13H18N4O2. The van der Waals surface area contributed by atoms with E-state index in [-0.39, 0.29) is 6.04 Å². The van der Waals surface area contributed by atoms with Crippen molar-refractivity contribution in [1.29, 1.82) is 0 Å². The Morgan fingerprint density at radius 1 is 1.26 bits per heavy atom. The fourth-order valence-corrected chi connectivity index (χ4v) is 1.56. The first-order valence-corrected chi connectivity index (χ1v) is 6.11. The van der Waals surface area contributed by atoms with Crippen LogP contribution in [0.15, 0.2) is 30.5 Å². The van der Waals surface area contributed by atoms with Gasteiger partial charge in [0.25, 0.3) is 0 Å². The fourth-order valence-electron chi connectivity index (χ4n) is 1.56. The van der Waals surface area contributed by atoms with E-state index in [0.717, 1.165) is 17.2 Å². The van der Waals surface area contributed by atoms with Crippen LogP contribution in [0.2, 0.25) is 0 Å². The molecule has 6 nitrogen and oxygen atoms in total. The van der Waals surface area contributed by atoms with Crippen LogP contribution in [0.4, 0.5) is 0 Å². The Morgan fingerprint density at radius 3 is 2.53 bits per heavy atom. The summed E-state index contributed by atoms with van der Waals surface area (Å²) in [4.78, 5) is 0. The molecule has 2 N–H and O–H groups in total. The Kier molecular flexibility index (Phi) is 4.35. The number of rotatable bonds is 6. The summed E-state index contributed by atoms with van der Waals surface area (Å²) in [5.41, 5.74) is 6.50. The van der Waals surface area contributed by atoms with Gasteiger partial charge in [0.1, 0.15) is 18.1 Å². The van der Waals surface area contributed by atoms with Gasteiger partial charge in [-0.15, -0.1) is 5.10 Å². The maximum Gasteiger partial charge on any atom is 0.119 e. The molecule has 0 bridgehead atoms. The lowest BCUT2D eigenvalue weighted by atomic mass is 10.3. The number of nitrogens with zero attached hydrogens (tertiary/aromatic N) is 3. The van der Waals surface area contributed by atoms with Gasteiger partial charge in [0.05, 0.1) is 25.5 Å². The zero-order valence-corrected chi connectivity index (χ0v) is 11.1. The van der Waals surface area contributed by atoms with Crippen LogP contribution in [0.3, 0.4) is 0 Å². The molecule has 0 aliphatic rings. The van der Waals surface area contributed by atoms with E-state index >= 15 is 0 Å². The molecule has 0 saturated carbocycles. The molecule has 0 fully saturated rings. The zero-order valence-electron chi connectivity index (χ0n) is 11.1. The minimum atomic E-state index is -0.101. The van der Waals surface area contributed by atoms with E-state index in [2.05, 4.69) is 10.3 Å². The van der Waals surface area contributed by atoms with Crippen LogP contribution in [0.1, 0.15) is 18.7 Å². The third-order valence-electron chi connectivity index (χ3n) is 2.67. The lowest BCUT2D eigenvalue weighted by Crippen LogP contribution is -2.09. The summed E-state index contributed by atoms with van der Waals surface area (Å²) in [5.74, 6) is 1.61. The summed E-state index contributed by atoms with van der Waals surface area (Å²) in [7, 11) is 1.64. The Balaban J connectivity index is 1.81. The van der Waals surface area contributed by atoms with Crippen molar-refractivity contribution in [3.63, 3.8) is 0 Å². The lowest BCUT2D eigenvalue weighted by Gasteiger charge is -2.06. The van der Waals surface area contributed by atoms with E-state index in [9.17, 15) is 0 Å². The molecule has 1 aromatic heterocycles. The van der Waals surface area contributed by atoms with Gasteiger partial charge >= 0.3 is 0 Å². The summed E-state index contributed by atoms with van der Waals surface area (Å²) in [6, 6.07) is 7.36. The van der Waals surface area contributed by atoms with E-state index in [1.165, 1.54) is 0 Å². The Hall–Kier alpha value is -2.08. The molecule has 102 valence electrons. The van der Waals surface area contributed by atoms with Crippen LogP contribution in [0, 0.1) is 0 Å². The molecule has 0 spiro atoms. The highest BCUT2D eigenvalue weighted by Crippen LogP contribution is 2.16. The van der Waals surface area contributed by atoms with Crippen molar-refractivity contribution in [2.75, 3.05) is 13.7 Å². The molecule has 1 aromatic carbocycles. The Labute approximate surface area is 112 Å². The third-order valence-corrected chi connectivity index (χ3v) is 2.67. The molecular weight excluding hydrogens is 244 g/mol. The minimum absolute atomic E-state index is 0.101. The van der Waals surface area contributed by atoms with Gasteiger partial charge in [-0.1, -0.05) is 5.21 Å². The standard InChI is InChI=1S/C13H18N4O2/c1-10(14)13-9-17(16-15-13)7-8-19-12-5-3-11(18-2)4-6-12/h3-6,9-10H,7-8,14H2,1-2H3. The number of nitrogens with two attached hydrogens (primary N) is 1. The van der Waals surface area contributed by atoms with E-state index in [4.69, 9.17) is 15.2 Å². The lowest BCUT2D eigenvalue weighted by molar-refractivity contribution is 0.289. The van der Waals surface area contributed by atoms with Crippen LogP contribution in [0.5, 0.6) is 11.5 Å². The second kappa shape index (κ2) is 6.19. The number of hydrogen-bond donors (Lipinski definition) is 1. The van der Waals surface area contributed by atoms with E-state index in [0.29, 0.717) is 13.2 Å². The van der Waals surface area contributed by atoms with Crippen molar-refractivity contribution in [2.45, 2.75) is 19.5 Å². The predicted molar refractivity (Wildman–Crippen MR) is 71.1 cm³/mol. The van der Waals surface area contributed by atoms with Crippen molar-refractivity contribution in [1.82, 2.24) is 15.0 Å². The molecule has 19 heavy (non-hydrogen) atoms. The monoisotopic (exact) mass is 262 g/mol. The molecule has 2 rings (SSSR count). The molecule has 1 unspecified atom stereocenters. The molecule has 0 aliphatic carbocycles. The molecule has 1 heterocycles. The largest absolute Gasteiger partial charge is 0.497 e. The Morgan fingerprint density at radius 2 is 1.95 bits per heavy atom. The molecule has 2 aromatic rings. The first-order chi connectivity index (χ1) is 9.19. The number of hydrogen-bond acceptors (Lipinski definition) is 5. The van der Waals surface area contributed by atoms with Gasteiger partial charge in [-0.05, 0) is 31.2 Å². The highest BCUT2D eigenvalue weighted by Gasteiger charge is 2.04. The smallest absolute Gasteiger partial charge is 0.119 e. The van der Waals surface area contributed by atoms with Gasteiger partial charge in [-0.3, -0.25) is 0 Å². The van der Waals surface area contributed by atoms with E-state index in [1.54, 1.807) is 11.8 Å². The van der Waals surface area contributed by atoms with E-state index in [1.807, 2.05) is 37.4 Å². The highest BCUT2D eigenvalue weighted by molar-refractivity contribution is 5.31. The molecule has 6 heteroatoms. The van der Waals surface area contributed by atoms with Gasteiger partial charge < -0.3 is 15.2 Å². The van der Waals surface area contributed by atoms with Crippen LogP contribution in [-0.4, -0.2) is 28.7 Å². The van der Waals surface area contributed by atoms with Gasteiger partial charge in [0.2, 0.25) is 0 Å². The van der Waals surface area contributed by atoms with Crippen LogP contribution in [-0.2, 0) is 6.54 Å². The topological polar surface area (TPSA) is 75.2 Å². The summed E-state index contributed by atoms with van der Waals surface area (Å²) in [5, 5.41) is 7.96.